The third-order valence-electron chi connectivity index (χ3n) is 4.94. The van der Waals surface area contributed by atoms with Gasteiger partial charge < -0.3 is 20.7 Å². The van der Waals surface area contributed by atoms with Crippen LogP contribution in [0, 0.1) is 0 Å². The molecule has 1 aliphatic carbocycles. The Hall–Kier alpha value is -1.82. The van der Waals surface area contributed by atoms with Crippen LogP contribution in [0.5, 0.6) is 0 Å². The van der Waals surface area contributed by atoms with E-state index >= 15 is 0 Å². The number of urea groups is 1. The second kappa shape index (κ2) is 8.33. The molecule has 1 aromatic heterocycles. The third-order valence-corrected chi connectivity index (χ3v) is 4.94. The molecule has 0 saturated heterocycles. The number of amides is 2. The molecule has 132 valence electrons. The first-order chi connectivity index (χ1) is 11.8. The van der Waals surface area contributed by atoms with E-state index in [1.165, 1.54) is 18.4 Å². The van der Waals surface area contributed by atoms with Crippen molar-refractivity contribution in [3.05, 3.63) is 23.4 Å². The molecule has 0 aromatic carbocycles. The molecule has 6 nitrogen and oxygen atoms in total. The summed E-state index contributed by atoms with van der Waals surface area (Å²) >= 11 is 0. The third kappa shape index (κ3) is 4.38. The van der Waals surface area contributed by atoms with Gasteiger partial charge in [-0.25, -0.2) is 9.78 Å². The normalized spacial score (nSPS) is 23.0. The van der Waals surface area contributed by atoms with Crippen LogP contribution in [0.1, 0.15) is 43.4 Å². The van der Waals surface area contributed by atoms with Crippen molar-refractivity contribution in [3.63, 3.8) is 0 Å². The maximum absolute atomic E-state index is 12.1. The van der Waals surface area contributed by atoms with E-state index in [4.69, 9.17) is 4.74 Å². The second-order valence-electron chi connectivity index (χ2n) is 6.66. The average Bonchev–Trinajstić information content (AvgIpc) is 2.62. The maximum atomic E-state index is 12.1. The molecule has 1 aromatic rings. The lowest BCUT2D eigenvalue weighted by atomic mass is 9.92. The summed E-state index contributed by atoms with van der Waals surface area (Å²) in [7, 11) is 1.72. The molecule has 2 unspecified atom stereocenters. The van der Waals surface area contributed by atoms with Crippen LogP contribution < -0.4 is 16.0 Å². The Balaban J connectivity index is 1.43. The molecule has 2 amide bonds. The minimum absolute atomic E-state index is 0.111. The number of hydrogen-bond donors (Lipinski definition) is 3. The zero-order chi connectivity index (χ0) is 16.8. The molecule has 24 heavy (non-hydrogen) atoms. The van der Waals surface area contributed by atoms with Crippen molar-refractivity contribution in [2.75, 3.05) is 25.5 Å². The molecule has 2 aliphatic rings. The number of nitrogens with zero attached hydrogens (tertiary/aromatic N) is 1. The maximum Gasteiger partial charge on any atom is 0.315 e. The minimum Gasteiger partial charge on any atom is -0.379 e. The van der Waals surface area contributed by atoms with Gasteiger partial charge in [-0.2, -0.15) is 0 Å². The summed E-state index contributed by atoms with van der Waals surface area (Å²) in [5.74, 6) is 1.01. The number of nitrogens with one attached hydrogen (secondary N) is 3. The molecule has 0 radical (unpaired) electrons. The first-order valence-electron chi connectivity index (χ1n) is 9.06. The van der Waals surface area contributed by atoms with Gasteiger partial charge in [-0.1, -0.05) is 18.9 Å². The van der Waals surface area contributed by atoms with Crippen molar-refractivity contribution >= 4 is 11.8 Å². The highest BCUT2D eigenvalue weighted by Crippen LogP contribution is 2.21. The van der Waals surface area contributed by atoms with Crippen molar-refractivity contribution in [2.24, 2.45) is 0 Å². The summed E-state index contributed by atoms with van der Waals surface area (Å²) in [6.45, 7) is 1.58. The quantitative estimate of drug-likeness (QED) is 0.773. The fourth-order valence-electron chi connectivity index (χ4n) is 3.58. The van der Waals surface area contributed by atoms with E-state index in [0.29, 0.717) is 6.54 Å². The number of hydrogen-bond acceptors (Lipinski definition) is 4. The van der Waals surface area contributed by atoms with Crippen molar-refractivity contribution in [3.8, 4) is 0 Å². The summed E-state index contributed by atoms with van der Waals surface area (Å²) < 4.78 is 5.47. The van der Waals surface area contributed by atoms with Gasteiger partial charge in [0.15, 0.2) is 0 Å². The van der Waals surface area contributed by atoms with E-state index in [9.17, 15) is 4.79 Å². The molecule has 2 heterocycles. The standard InChI is InChI=1S/C18H28N4O2/c1-24-16-7-3-2-6-15(16)22-18(23)20-12-10-14-9-8-13-5-4-11-19-17(13)21-14/h8-9,15-16H,2-7,10-12H2,1H3,(H,19,21)(H2,20,22,23). The molecular formula is C18H28N4O2. The van der Waals surface area contributed by atoms with Crippen LogP contribution in [0.2, 0.25) is 0 Å². The van der Waals surface area contributed by atoms with E-state index in [0.717, 1.165) is 50.2 Å². The van der Waals surface area contributed by atoms with Gasteiger partial charge in [0.25, 0.3) is 0 Å². The number of aromatic nitrogens is 1. The smallest absolute Gasteiger partial charge is 0.315 e. The number of ether oxygens (including phenoxy) is 1. The van der Waals surface area contributed by atoms with Crippen LogP contribution in [-0.2, 0) is 17.6 Å². The topological polar surface area (TPSA) is 75.3 Å². The number of carbonyl (C=O) groups is 1. The Morgan fingerprint density at radius 3 is 3.08 bits per heavy atom. The predicted octanol–water partition coefficient (Wildman–Crippen LogP) is 2.24. The van der Waals surface area contributed by atoms with Crippen LogP contribution in [0.3, 0.4) is 0 Å². The molecule has 0 bridgehead atoms. The number of fused-ring (bicyclic) bond motifs is 1. The average molecular weight is 332 g/mol. The lowest BCUT2D eigenvalue weighted by Crippen LogP contribution is -2.49. The summed E-state index contributed by atoms with van der Waals surface area (Å²) in [4.78, 5) is 16.7. The summed E-state index contributed by atoms with van der Waals surface area (Å²) in [5, 5.41) is 9.33. The van der Waals surface area contributed by atoms with Gasteiger partial charge in [0.2, 0.25) is 0 Å². The summed E-state index contributed by atoms with van der Waals surface area (Å²) in [6, 6.07) is 4.22. The molecule has 3 N–H and O–H groups in total. The summed E-state index contributed by atoms with van der Waals surface area (Å²) in [5.41, 5.74) is 2.30. The molecule has 3 rings (SSSR count). The number of aryl methyl sites for hydroxylation is 1. The second-order valence-corrected chi connectivity index (χ2v) is 6.66. The first-order valence-corrected chi connectivity index (χ1v) is 9.06. The van der Waals surface area contributed by atoms with Gasteiger partial charge in [0, 0.05) is 32.3 Å². The number of rotatable bonds is 5. The fourth-order valence-corrected chi connectivity index (χ4v) is 3.58. The molecular weight excluding hydrogens is 304 g/mol. The molecule has 6 heteroatoms. The summed E-state index contributed by atoms with van der Waals surface area (Å²) in [6.07, 6.45) is 7.47. The molecule has 2 atom stereocenters. The zero-order valence-corrected chi connectivity index (χ0v) is 14.4. The minimum atomic E-state index is -0.111. The molecule has 0 spiro atoms. The lowest BCUT2D eigenvalue weighted by Gasteiger charge is -2.31. The van der Waals surface area contributed by atoms with Gasteiger partial charge in [0.05, 0.1) is 12.1 Å². The Kier molecular flexibility index (Phi) is 5.91. The van der Waals surface area contributed by atoms with Crippen LogP contribution in [0.4, 0.5) is 10.6 Å². The van der Waals surface area contributed by atoms with Gasteiger partial charge in [-0.05, 0) is 37.3 Å². The largest absolute Gasteiger partial charge is 0.379 e. The monoisotopic (exact) mass is 332 g/mol. The highest BCUT2D eigenvalue weighted by molar-refractivity contribution is 5.74. The van der Waals surface area contributed by atoms with Gasteiger partial charge in [-0.15, -0.1) is 0 Å². The van der Waals surface area contributed by atoms with Gasteiger partial charge >= 0.3 is 6.03 Å². The van der Waals surface area contributed by atoms with Crippen molar-refractivity contribution in [2.45, 2.75) is 57.1 Å². The fraction of sp³-hybridized carbons (Fsp3) is 0.667. The highest BCUT2D eigenvalue weighted by Gasteiger charge is 2.26. The number of pyridine rings is 1. The van der Waals surface area contributed by atoms with Crippen LogP contribution in [-0.4, -0.2) is 43.4 Å². The van der Waals surface area contributed by atoms with Crippen LogP contribution >= 0.6 is 0 Å². The molecule has 1 aliphatic heterocycles. The van der Waals surface area contributed by atoms with Gasteiger partial charge in [0.1, 0.15) is 5.82 Å². The van der Waals surface area contributed by atoms with Crippen LogP contribution in [0.15, 0.2) is 12.1 Å². The number of carbonyl (C=O) groups excluding carboxylic acids is 1. The number of methoxy groups -OCH3 is 1. The lowest BCUT2D eigenvalue weighted by molar-refractivity contribution is 0.0452. The van der Waals surface area contributed by atoms with E-state index in [1.54, 1.807) is 7.11 Å². The number of anilines is 1. The van der Waals surface area contributed by atoms with E-state index in [2.05, 4.69) is 33.1 Å². The molecule has 1 fully saturated rings. The van der Waals surface area contributed by atoms with E-state index in [-0.39, 0.29) is 18.2 Å². The van der Waals surface area contributed by atoms with Crippen molar-refractivity contribution < 1.29 is 9.53 Å². The Labute approximate surface area is 143 Å². The zero-order valence-electron chi connectivity index (χ0n) is 14.4. The Morgan fingerprint density at radius 2 is 2.21 bits per heavy atom. The van der Waals surface area contributed by atoms with Crippen molar-refractivity contribution in [1.29, 1.82) is 0 Å². The van der Waals surface area contributed by atoms with Crippen LogP contribution in [0.25, 0.3) is 0 Å². The highest BCUT2D eigenvalue weighted by atomic mass is 16.5. The van der Waals surface area contributed by atoms with Crippen molar-refractivity contribution in [1.82, 2.24) is 15.6 Å². The Morgan fingerprint density at radius 1 is 1.33 bits per heavy atom. The van der Waals surface area contributed by atoms with E-state index in [1.807, 2.05) is 0 Å². The van der Waals surface area contributed by atoms with E-state index < -0.39 is 0 Å². The SMILES string of the molecule is COC1CCCCC1NC(=O)NCCc1ccc2c(n1)NCCC2. The van der Waals surface area contributed by atoms with Gasteiger partial charge in [-0.3, -0.25) is 0 Å². The Bertz CT molecular complexity index is 564. The predicted molar refractivity (Wildman–Crippen MR) is 94.3 cm³/mol. The first kappa shape index (κ1) is 17.0. The molecule has 1 saturated carbocycles.